The molecular weight excluding hydrogens is 221 g/mol. The minimum Gasteiger partial charge on any atom is -0.497 e. The van der Waals surface area contributed by atoms with Gasteiger partial charge >= 0.3 is 0 Å². The van der Waals surface area contributed by atoms with Crippen LogP contribution in [0, 0.1) is 5.82 Å². The molecule has 0 aliphatic carbocycles. The van der Waals surface area contributed by atoms with Crippen molar-refractivity contribution in [1.82, 2.24) is 5.32 Å². The van der Waals surface area contributed by atoms with Crippen LogP contribution < -0.4 is 10.1 Å². The Labute approximate surface area is 101 Å². The quantitative estimate of drug-likeness (QED) is 0.820. The molecule has 17 heavy (non-hydrogen) atoms. The maximum Gasteiger partial charge on any atom is 0.179 e. The number of methoxy groups -OCH3 is 1. The molecule has 0 unspecified atom stereocenters. The molecule has 0 spiro atoms. The third kappa shape index (κ3) is 4.15. The van der Waals surface area contributed by atoms with Gasteiger partial charge in [-0.05, 0) is 32.9 Å². The lowest BCUT2D eigenvalue weighted by Gasteiger charge is -2.19. The summed E-state index contributed by atoms with van der Waals surface area (Å²) in [6, 6.07) is 4.23. The number of benzene rings is 1. The highest BCUT2D eigenvalue weighted by Crippen LogP contribution is 2.16. The first-order valence-electron chi connectivity index (χ1n) is 5.45. The average molecular weight is 239 g/mol. The fourth-order valence-electron chi connectivity index (χ4n) is 1.29. The fourth-order valence-corrected chi connectivity index (χ4v) is 1.29. The van der Waals surface area contributed by atoms with E-state index in [9.17, 15) is 9.18 Å². The van der Waals surface area contributed by atoms with Crippen LogP contribution in [0.15, 0.2) is 18.2 Å². The first-order valence-corrected chi connectivity index (χ1v) is 5.45. The molecule has 0 heterocycles. The first kappa shape index (κ1) is 13.6. The highest BCUT2D eigenvalue weighted by atomic mass is 19.1. The summed E-state index contributed by atoms with van der Waals surface area (Å²) in [7, 11) is 1.46. The van der Waals surface area contributed by atoms with Crippen molar-refractivity contribution in [3.8, 4) is 5.75 Å². The van der Waals surface area contributed by atoms with Crippen LogP contribution in [-0.2, 0) is 0 Å². The highest BCUT2D eigenvalue weighted by Gasteiger charge is 2.15. The average Bonchev–Trinajstić information content (AvgIpc) is 2.24. The molecule has 0 atom stereocenters. The Morgan fingerprint density at radius 3 is 2.53 bits per heavy atom. The molecule has 0 aromatic heterocycles. The van der Waals surface area contributed by atoms with E-state index in [0.717, 1.165) is 0 Å². The number of ketones is 1. The maximum atomic E-state index is 13.6. The van der Waals surface area contributed by atoms with Crippen molar-refractivity contribution < 1.29 is 13.9 Å². The molecule has 0 saturated carbocycles. The van der Waals surface area contributed by atoms with Gasteiger partial charge in [-0.25, -0.2) is 4.39 Å². The van der Waals surface area contributed by atoms with Gasteiger partial charge in [0, 0.05) is 11.6 Å². The van der Waals surface area contributed by atoms with E-state index in [0.29, 0.717) is 5.75 Å². The molecule has 0 aliphatic heterocycles. The van der Waals surface area contributed by atoms with Gasteiger partial charge in [0.2, 0.25) is 0 Å². The van der Waals surface area contributed by atoms with Crippen LogP contribution in [0.3, 0.4) is 0 Å². The molecule has 0 saturated heterocycles. The Hall–Kier alpha value is -1.42. The Bertz CT molecular complexity index is 410. The second-order valence-corrected chi connectivity index (χ2v) is 4.87. The SMILES string of the molecule is COc1ccc(C(=O)CNC(C)(C)C)c(F)c1. The van der Waals surface area contributed by atoms with Crippen molar-refractivity contribution in [3.63, 3.8) is 0 Å². The maximum absolute atomic E-state index is 13.6. The predicted molar refractivity (Wildman–Crippen MR) is 65.0 cm³/mol. The molecule has 0 bridgehead atoms. The summed E-state index contributed by atoms with van der Waals surface area (Å²) in [5, 5.41) is 3.03. The summed E-state index contributed by atoms with van der Waals surface area (Å²) in [4.78, 5) is 11.8. The Kier molecular flexibility index (Phi) is 4.23. The van der Waals surface area contributed by atoms with E-state index in [1.165, 1.54) is 19.2 Å². The molecular formula is C13H18FNO2. The van der Waals surface area contributed by atoms with Gasteiger partial charge in [-0.2, -0.15) is 0 Å². The fraction of sp³-hybridized carbons (Fsp3) is 0.462. The highest BCUT2D eigenvalue weighted by molar-refractivity contribution is 5.98. The normalized spacial score (nSPS) is 11.4. The summed E-state index contributed by atoms with van der Waals surface area (Å²) in [5.74, 6) is -0.409. The third-order valence-electron chi connectivity index (χ3n) is 2.26. The molecule has 94 valence electrons. The van der Waals surface area contributed by atoms with Gasteiger partial charge in [0.15, 0.2) is 5.78 Å². The zero-order valence-electron chi connectivity index (χ0n) is 10.6. The smallest absolute Gasteiger partial charge is 0.179 e. The lowest BCUT2D eigenvalue weighted by molar-refractivity contribution is 0.0978. The molecule has 0 amide bonds. The van der Waals surface area contributed by atoms with Crippen LogP contribution in [-0.4, -0.2) is 25.0 Å². The topological polar surface area (TPSA) is 38.3 Å². The predicted octanol–water partition coefficient (Wildman–Crippen LogP) is 2.41. The lowest BCUT2D eigenvalue weighted by Crippen LogP contribution is -2.39. The summed E-state index contributed by atoms with van der Waals surface area (Å²) in [6.45, 7) is 5.97. The van der Waals surface area contributed by atoms with E-state index < -0.39 is 5.82 Å². The zero-order valence-corrected chi connectivity index (χ0v) is 10.6. The minimum absolute atomic E-state index is 0.0857. The summed E-state index contributed by atoms with van der Waals surface area (Å²) in [6.07, 6.45) is 0. The van der Waals surface area contributed by atoms with E-state index in [4.69, 9.17) is 4.74 Å². The van der Waals surface area contributed by atoms with E-state index >= 15 is 0 Å². The zero-order chi connectivity index (χ0) is 13.1. The van der Waals surface area contributed by atoms with Crippen LogP contribution in [0.1, 0.15) is 31.1 Å². The number of hydrogen-bond acceptors (Lipinski definition) is 3. The van der Waals surface area contributed by atoms with Crippen LogP contribution >= 0.6 is 0 Å². The number of halogens is 1. The summed E-state index contributed by atoms with van der Waals surface area (Å²) >= 11 is 0. The number of carbonyl (C=O) groups is 1. The Morgan fingerprint density at radius 1 is 1.41 bits per heavy atom. The molecule has 1 aromatic carbocycles. The van der Waals surface area contributed by atoms with E-state index in [1.807, 2.05) is 20.8 Å². The Morgan fingerprint density at radius 2 is 2.06 bits per heavy atom. The standard InChI is InChI=1S/C13H18FNO2/c1-13(2,3)15-8-12(16)10-6-5-9(17-4)7-11(10)14/h5-7,15H,8H2,1-4H3. The molecule has 0 fully saturated rings. The van der Waals surface area contributed by atoms with Crippen molar-refractivity contribution in [2.75, 3.05) is 13.7 Å². The van der Waals surface area contributed by atoms with Gasteiger partial charge < -0.3 is 10.1 Å². The van der Waals surface area contributed by atoms with Crippen LogP contribution in [0.25, 0.3) is 0 Å². The third-order valence-corrected chi connectivity index (χ3v) is 2.26. The van der Waals surface area contributed by atoms with Crippen molar-refractivity contribution in [2.45, 2.75) is 26.3 Å². The van der Waals surface area contributed by atoms with Gasteiger partial charge in [0.05, 0.1) is 19.2 Å². The van der Waals surface area contributed by atoms with E-state index in [-0.39, 0.29) is 23.4 Å². The number of ether oxygens (including phenoxy) is 1. The molecule has 1 aromatic rings. The van der Waals surface area contributed by atoms with Crippen LogP contribution in [0.2, 0.25) is 0 Å². The number of rotatable bonds is 4. The molecule has 3 nitrogen and oxygen atoms in total. The monoisotopic (exact) mass is 239 g/mol. The number of hydrogen-bond donors (Lipinski definition) is 1. The second-order valence-electron chi connectivity index (χ2n) is 4.87. The first-order chi connectivity index (χ1) is 7.83. The molecule has 4 heteroatoms. The van der Waals surface area contributed by atoms with Crippen molar-refractivity contribution in [1.29, 1.82) is 0 Å². The van der Waals surface area contributed by atoms with Crippen molar-refractivity contribution in [2.24, 2.45) is 0 Å². The van der Waals surface area contributed by atoms with E-state index in [2.05, 4.69) is 5.32 Å². The second kappa shape index (κ2) is 5.27. The molecule has 1 rings (SSSR count). The molecule has 0 aliphatic rings. The minimum atomic E-state index is -0.551. The molecule has 0 radical (unpaired) electrons. The van der Waals surface area contributed by atoms with Crippen LogP contribution in [0.4, 0.5) is 4.39 Å². The number of nitrogens with one attached hydrogen (secondary N) is 1. The number of Topliss-reactive ketones (excluding diaryl/α,β-unsaturated/α-hetero) is 1. The van der Waals surface area contributed by atoms with Gasteiger partial charge in [-0.3, -0.25) is 4.79 Å². The van der Waals surface area contributed by atoms with Crippen LogP contribution in [0.5, 0.6) is 5.75 Å². The lowest BCUT2D eigenvalue weighted by atomic mass is 10.1. The van der Waals surface area contributed by atoms with Crippen molar-refractivity contribution >= 4 is 5.78 Å². The summed E-state index contributed by atoms with van der Waals surface area (Å²) < 4.78 is 18.5. The molecule has 1 N–H and O–H groups in total. The van der Waals surface area contributed by atoms with E-state index in [1.54, 1.807) is 6.07 Å². The Balaban J connectivity index is 2.76. The van der Waals surface area contributed by atoms with Gasteiger partial charge in [0.25, 0.3) is 0 Å². The largest absolute Gasteiger partial charge is 0.497 e. The van der Waals surface area contributed by atoms with Crippen molar-refractivity contribution in [3.05, 3.63) is 29.6 Å². The number of carbonyl (C=O) groups excluding carboxylic acids is 1. The van der Waals surface area contributed by atoms with Gasteiger partial charge in [-0.1, -0.05) is 0 Å². The van der Waals surface area contributed by atoms with Gasteiger partial charge in [0.1, 0.15) is 11.6 Å². The van der Waals surface area contributed by atoms with Gasteiger partial charge in [-0.15, -0.1) is 0 Å². The summed E-state index contributed by atoms with van der Waals surface area (Å²) in [5.41, 5.74) is -0.0824.